The van der Waals surface area contributed by atoms with E-state index < -0.39 is 72.7 Å². The van der Waals surface area contributed by atoms with E-state index in [4.69, 9.17) is 22.3 Å². The summed E-state index contributed by atoms with van der Waals surface area (Å²) in [6.45, 7) is 2.78. The van der Waals surface area contributed by atoms with Gasteiger partial charge in [0.1, 0.15) is 24.2 Å². The van der Waals surface area contributed by atoms with Crippen LogP contribution in [0.5, 0.6) is 0 Å². The van der Waals surface area contributed by atoms with Gasteiger partial charge in [-0.05, 0) is 18.8 Å². The fourth-order valence-electron chi connectivity index (χ4n) is 2.57. The van der Waals surface area contributed by atoms with Crippen LogP contribution in [-0.4, -0.2) is 76.5 Å². The van der Waals surface area contributed by atoms with E-state index in [0.29, 0.717) is 0 Å². The number of hydrogen-bond acceptors (Lipinski definition) is 8. The lowest BCUT2D eigenvalue weighted by Gasteiger charge is -2.25. The first kappa shape index (κ1) is 28.7. The molecule has 0 radical (unpaired) electrons. The van der Waals surface area contributed by atoms with Crippen molar-refractivity contribution in [3.05, 3.63) is 0 Å². The number of primary amides is 2. The molecular weight excluding hydrogens is 428 g/mol. The van der Waals surface area contributed by atoms with E-state index in [-0.39, 0.29) is 25.2 Å². The van der Waals surface area contributed by atoms with Crippen LogP contribution >= 0.6 is 0 Å². The van der Waals surface area contributed by atoms with E-state index in [1.54, 1.807) is 13.8 Å². The highest BCUT2D eigenvalue weighted by Gasteiger charge is 2.31. The Hall–Kier alpha value is -3.26. The van der Waals surface area contributed by atoms with Crippen LogP contribution in [0.25, 0.3) is 0 Å². The number of nitrogens with one attached hydrogen (secondary N) is 3. The number of aliphatic carboxylic acids is 1. The Bertz CT molecular complexity index is 714. The summed E-state index contributed by atoms with van der Waals surface area (Å²) in [7, 11) is 0. The van der Waals surface area contributed by atoms with Gasteiger partial charge in [0.15, 0.2) is 0 Å². The number of carbonyl (C=O) groups excluding carboxylic acids is 5. The minimum absolute atomic E-state index is 0.0686. The van der Waals surface area contributed by atoms with Crippen molar-refractivity contribution in [2.45, 2.75) is 63.7 Å². The second kappa shape index (κ2) is 13.9. The highest BCUT2D eigenvalue weighted by Crippen LogP contribution is 2.07. The molecule has 0 heterocycles. The molecule has 0 bridgehead atoms. The number of nitrogens with two attached hydrogens (primary N) is 3. The van der Waals surface area contributed by atoms with Gasteiger partial charge in [-0.3, -0.25) is 24.0 Å². The fraction of sp³-hybridized carbons (Fsp3) is 0.667. The lowest BCUT2D eigenvalue weighted by molar-refractivity contribution is -0.143. The third-order valence-electron chi connectivity index (χ3n) is 4.21. The molecule has 0 aliphatic rings. The molecule has 5 amide bonds. The quantitative estimate of drug-likeness (QED) is 0.118. The first-order chi connectivity index (χ1) is 14.8. The lowest BCUT2D eigenvalue weighted by Crippen LogP contribution is -2.58. The van der Waals surface area contributed by atoms with Gasteiger partial charge in [-0.1, -0.05) is 13.8 Å². The van der Waals surface area contributed by atoms with Crippen molar-refractivity contribution < 1.29 is 39.0 Å². The van der Waals surface area contributed by atoms with Crippen LogP contribution in [0.1, 0.15) is 39.5 Å². The van der Waals surface area contributed by atoms with E-state index >= 15 is 0 Å². The van der Waals surface area contributed by atoms with E-state index in [2.05, 4.69) is 16.0 Å². The van der Waals surface area contributed by atoms with Crippen LogP contribution in [0.3, 0.4) is 0 Å². The molecule has 11 N–H and O–H groups in total. The molecule has 0 aromatic carbocycles. The van der Waals surface area contributed by atoms with Gasteiger partial charge >= 0.3 is 5.97 Å². The summed E-state index contributed by atoms with van der Waals surface area (Å²) in [5.41, 5.74) is 15.6. The molecule has 0 aliphatic heterocycles. The van der Waals surface area contributed by atoms with Crippen molar-refractivity contribution >= 4 is 35.5 Å². The second-order valence-electron chi connectivity index (χ2n) is 7.62. The molecule has 0 saturated heterocycles. The van der Waals surface area contributed by atoms with Gasteiger partial charge in [0, 0.05) is 6.42 Å². The molecule has 32 heavy (non-hydrogen) atoms. The third kappa shape index (κ3) is 11.2. The Morgan fingerprint density at radius 3 is 1.75 bits per heavy atom. The molecule has 0 saturated carbocycles. The van der Waals surface area contributed by atoms with Gasteiger partial charge in [0.25, 0.3) is 0 Å². The molecule has 0 rings (SSSR count). The Labute approximate surface area is 184 Å². The normalized spacial score (nSPS) is 14.5. The van der Waals surface area contributed by atoms with Crippen molar-refractivity contribution in [1.29, 1.82) is 0 Å². The Kier molecular flexibility index (Phi) is 12.5. The minimum atomic E-state index is -1.53. The number of carboxylic acid groups (broad SMARTS) is 1. The van der Waals surface area contributed by atoms with Gasteiger partial charge in [-0.2, -0.15) is 0 Å². The molecule has 14 nitrogen and oxygen atoms in total. The van der Waals surface area contributed by atoms with Crippen molar-refractivity contribution in [3.8, 4) is 0 Å². The van der Waals surface area contributed by atoms with Crippen molar-refractivity contribution in [1.82, 2.24) is 16.0 Å². The van der Waals surface area contributed by atoms with Crippen LogP contribution in [0, 0.1) is 5.92 Å². The predicted octanol–water partition coefficient (Wildman–Crippen LogP) is -3.97. The van der Waals surface area contributed by atoms with Crippen molar-refractivity contribution in [2.75, 3.05) is 6.61 Å². The number of aliphatic hydroxyl groups excluding tert-OH is 1. The van der Waals surface area contributed by atoms with E-state index in [9.17, 15) is 33.9 Å². The Balaban J connectivity index is 5.55. The molecule has 0 spiro atoms. The number of hydrogen-bond donors (Lipinski definition) is 8. The fourth-order valence-corrected chi connectivity index (χ4v) is 2.57. The molecule has 14 heteroatoms. The predicted molar refractivity (Wildman–Crippen MR) is 110 cm³/mol. The molecule has 4 unspecified atom stereocenters. The van der Waals surface area contributed by atoms with Crippen LogP contribution in [-0.2, 0) is 28.8 Å². The van der Waals surface area contributed by atoms with E-state index in [0.717, 1.165) is 0 Å². The number of rotatable bonds is 15. The summed E-state index contributed by atoms with van der Waals surface area (Å²) >= 11 is 0. The number of aliphatic hydroxyl groups is 1. The summed E-state index contributed by atoms with van der Waals surface area (Å²) in [4.78, 5) is 71.0. The van der Waals surface area contributed by atoms with Crippen LogP contribution < -0.4 is 33.2 Å². The Morgan fingerprint density at radius 1 is 0.812 bits per heavy atom. The van der Waals surface area contributed by atoms with E-state index in [1.807, 2.05) is 0 Å². The lowest BCUT2D eigenvalue weighted by atomic mass is 10.0. The molecule has 0 aromatic heterocycles. The van der Waals surface area contributed by atoms with Crippen molar-refractivity contribution in [2.24, 2.45) is 23.1 Å². The third-order valence-corrected chi connectivity index (χ3v) is 4.21. The van der Waals surface area contributed by atoms with Gasteiger partial charge in [-0.15, -0.1) is 0 Å². The SMILES string of the molecule is CC(C)CC(NC(=O)C(CCC(N)=O)NC(=O)C(CC(N)=O)NC(=O)C(N)CO)C(=O)O. The minimum Gasteiger partial charge on any atom is -0.480 e. The molecule has 182 valence electrons. The molecule has 0 aromatic rings. The van der Waals surface area contributed by atoms with Crippen LogP contribution in [0.15, 0.2) is 0 Å². The van der Waals surface area contributed by atoms with Gasteiger partial charge in [0.05, 0.1) is 13.0 Å². The zero-order valence-corrected chi connectivity index (χ0v) is 18.0. The van der Waals surface area contributed by atoms with Crippen LogP contribution in [0.2, 0.25) is 0 Å². The Morgan fingerprint density at radius 2 is 1.31 bits per heavy atom. The first-order valence-electron chi connectivity index (χ1n) is 9.85. The summed E-state index contributed by atoms with van der Waals surface area (Å²) in [5.74, 6) is -5.94. The zero-order chi connectivity index (χ0) is 25.0. The molecular formula is C18H32N6O8. The number of amides is 5. The summed E-state index contributed by atoms with van der Waals surface area (Å²) in [5, 5.41) is 24.9. The zero-order valence-electron chi connectivity index (χ0n) is 18.0. The maximum Gasteiger partial charge on any atom is 0.326 e. The maximum absolute atomic E-state index is 12.6. The standard InChI is InChI=1S/C18H32N6O8/c1-8(2)5-12(18(31)32)24-16(29)10(3-4-13(20)26)22-17(30)11(6-14(21)27)23-15(28)9(19)7-25/h8-12,25H,3-7,19H2,1-2H3,(H2,20,26)(H2,21,27)(H,22,30)(H,23,28)(H,24,29)(H,31,32). The van der Waals surface area contributed by atoms with Gasteiger partial charge in [-0.25, -0.2) is 4.79 Å². The smallest absolute Gasteiger partial charge is 0.326 e. The number of carbonyl (C=O) groups is 6. The van der Waals surface area contributed by atoms with E-state index in [1.165, 1.54) is 0 Å². The average molecular weight is 460 g/mol. The van der Waals surface area contributed by atoms with Gasteiger partial charge < -0.3 is 43.4 Å². The topological polar surface area (TPSA) is 257 Å². The summed E-state index contributed by atoms with van der Waals surface area (Å²) in [6.07, 6.45) is -1.13. The summed E-state index contributed by atoms with van der Waals surface area (Å²) in [6, 6.07) is -5.56. The average Bonchev–Trinajstić information content (AvgIpc) is 2.67. The maximum atomic E-state index is 12.6. The first-order valence-corrected chi connectivity index (χ1v) is 9.85. The number of carboxylic acids is 1. The van der Waals surface area contributed by atoms with Crippen LogP contribution in [0.4, 0.5) is 0 Å². The molecule has 0 aliphatic carbocycles. The van der Waals surface area contributed by atoms with Gasteiger partial charge in [0.2, 0.25) is 29.5 Å². The monoisotopic (exact) mass is 460 g/mol. The molecule has 0 fully saturated rings. The largest absolute Gasteiger partial charge is 0.480 e. The summed E-state index contributed by atoms with van der Waals surface area (Å²) < 4.78 is 0. The highest BCUT2D eigenvalue weighted by atomic mass is 16.4. The van der Waals surface area contributed by atoms with Crippen molar-refractivity contribution in [3.63, 3.8) is 0 Å². The molecule has 4 atom stereocenters. The second-order valence-corrected chi connectivity index (χ2v) is 7.62. The highest BCUT2D eigenvalue weighted by molar-refractivity contribution is 5.96.